The lowest BCUT2D eigenvalue weighted by atomic mass is 10.3. The molecule has 2 N–H and O–H groups in total. The summed E-state index contributed by atoms with van der Waals surface area (Å²) in [6.07, 6.45) is 0.266. The van der Waals surface area contributed by atoms with Gasteiger partial charge >= 0.3 is 0 Å². The fourth-order valence-electron chi connectivity index (χ4n) is 2.23. The minimum Gasteiger partial charge on any atom is -0.495 e. The number of hydrogen-bond acceptors (Lipinski definition) is 5. The van der Waals surface area contributed by atoms with Crippen molar-refractivity contribution in [1.29, 1.82) is 0 Å². The van der Waals surface area contributed by atoms with Crippen LogP contribution in [-0.2, 0) is 14.8 Å². The van der Waals surface area contributed by atoms with E-state index in [1.807, 2.05) is 0 Å². The van der Waals surface area contributed by atoms with Crippen molar-refractivity contribution >= 4 is 27.3 Å². The topological polar surface area (TPSA) is 93.7 Å². The maximum Gasteiger partial charge on any atom is 0.262 e. The molecule has 0 radical (unpaired) electrons. The molecule has 0 unspecified atom stereocenters. The predicted molar refractivity (Wildman–Crippen MR) is 100 cm³/mol. The van der Waals surface area contributed by atoms with Crippen LogP contribution in [0.4, 0.5) is 11.4 Å². The Bertz CT molecular complexity index is 881. The zero-order chi connectivity index (χ0) is 19.2. The van der Waals surface area contributed by atoms with E-state index in [9.17, 15) is 13.2 Å². The first-order valence-corrected chi connectivity index (χ1v) is 9.62. The molecule has 8 heteroatoms. The normalized spacial score (nSPS) is 10.9. The summed E-state index contributed by atoms with van der Waals surface area (Å²) in [5, 5.41) is 2.66. The zero-order valence-corrected chi connectivity index (χ0v) is 15.7. The molecule has 0 atom stereocenters. The molecule has 0 aromatic heterocycles. The molecule has 0 saturated heterocycles. The molecular weight excluding hydrogens is 356 g/mol. The number of anilines is 2. The summed E-state index contributed by atoms with van der Waals surface area (Å²) in [7, 11) is -2.42. The molecular formula is C18H22N2O5S. The third-order valence-electron chi connectivity index (χ3n) is 3.51. The van der Waals surface area contributed by atoms with E-state index in [1.165, 1.54) is 25.3 Å². The Morgan fingerprint density at radius 1 is 1.04 bits per heavy atom. The van der Waals surface area contributed by atoms with Crippen molar-refractivity contribution in [3.05, 3.63) is 42.5 Å². The summed E-state index contributed by atoms with van der Waals surface area (Å²) in [6, 6.07) is 11.0. The Morgan fingerprint density at radius 2 is 1.77 bits per heavy atom. The van der Waals surface area contributed by atoms with Gasteiger partial charge in [0.25, 0.3) is 10.0 Å². The largest absolute Gasteiger partial charge is 0.495 e. The second kappa shape index (κ2) is 8.57. The first kappa shape index (κ1) is 19.6. The average Bonchev–Trinajstić information content (AvgIpc) is 2.63. The van der Waals surface area contributed by atoms with E-state index < -0.39 is 10.0 Å². The van der Waals surface area contributed by atoms with E-state index in [2.05, 4.69) is 10.0 Å². The molecule has 0 aliphatic heterocycles. The van der Waals surface area contributed by atoms with E-state index in [4.69, 9.17) is 9.47 Å². The van der Waals surface area contributed by atoms with Gasteiger partial charge in [-0.2, -0.15) is 0 Å². The highest BCUT2D eigenvalue weighted by atomic mass is 32.2. The molecule has 2 aromatic rings. The lowest BCUT2D eigenvalue weighted by Gasteiger charge is -2.15. The quantitative estimate of drug-likeness (QED) is 0.735. The average molecular weight is 378 g/mol. The van der Waals surface area contributed by atoms with Crippen LogP contribution in [0.15, 0.2) is 47.4 Å². The van der Waals surface area contributed by atoms with E-state index in [0.717, 1.165) is 0 Å². The fraction of sp³-hybridized carbons (Fsp3) is 0.278. The molecule has 0 aliphatic carbocycles. The summed E-state index contributed by atoms with van der Waals surface area (Å²) in [6.45, 7) is 3.90. The number of carbonyl (C=O) groups excluding carboxylic acids is 1. The van der Waals surface area contributed by atoms with Gasteiger partial charge in [-0.1, -0.05) is 19.1 Å². The maximum absolute atomic E-state index is 12.7. The van der Waals surface area contributed by atoms with E-state index in [1.54, 1.807) is 38.1 Å². The standard InChI is InChI=1S/C18H22N2O5S/c1-4-18(21)19-15-12-13(10-11-17(15)25-5-2)26(22,23)20-14-8-6-7-9-16(14)24-3/h6-12,20H,4-5H2,1-3H3,(H,19,21). The van der Waals surface area contributed by atoms with Gasteiger partial charge < -0.3 is 14.8 Å². The molecule has 2 rings (SSSR count). The first-order chi connectivity index (χ1) is 12.4. The summed E-state index contributed by atoms with van der Waals surface area (Å²) >= 11 is 0. The highest BCUT2D eigenvalue weighted by molar-refractivity contribution is 7.92. The summed E-state index contributed by atoms with van der Waals surface area (Å²) in [5.74, 6) is 0.574. The number of methoxy groups -OCH3 is 1. The van der Waals surface area contributed by atoms with Crippen LogP contribution in [0.2, 0.25) is 0 Å². The Hall–Kier alpha value is -2.74. The SMILES string of the molecule is CCOc1ccc(S(=O)(=O)Nc2ccccc2OC)cc1NC(=O)CC. The van der Waals surface area contributed by atoms with Crippen LogP contribution in [0, 0.1) is 0 Å². The zero-order valence-electron chi connectivity index (χ0n) is 14.9. The van der Waals surface area contributed by atoms with Crippen LogP contribution in [0.5, 0.6) is 11.5 Å². The summed E-state index contributed by atoms with van der Waals surface area (Å²) in [4.78, 5) is 11.7. The summed E-state index contributed by atoms with van der Waals surface area (Å²) < 4.78 is 38.6. The molecule has 26 heavy (non-hydrogen) atoms. The first-order valence-electron chi connectivity index (χ1n) is 8.13. The van der Waals surface area contributed by atoms with Gasteiger partial charge in [0.05, 0.1) is 30.0 Å². The van der Waals surface area contributed by atoms with E-state index in [-0.39, 0.29) is 17.2 Å². The van der Waals surface area contributed by atoms with Crippen molar-refractivity contribution < 1.29 is 22.7 Å². The van der Waals surface area contributed by atoms with Gasteiger partial charge in [0, 0.05) is 6.42 Å². The van der Waals surface area contributed by atoms with Gasteiger partial charge in [0.15, 0.2) is 0 Å². The number of hydrogen-bond donors (Lipinski definition) is 2. The van der Waals surface area contributed by atoms with Crippen molar-refractivity contribution in [1.82, 2.24) is 0 Å². The van der Waals surface area contributed by atoms with Crippen LogP contribution in [-0.4, -0.2) is 28.0 Å². The number of rotatable bonds is 8. The molecule has 0 spiro atoms. The molecule has 2 aromatic carbocycles. The van der Waals surface area contributed by atoms with Crippen molar-refractivity contribution in [2.75, 3.05) is 23.8 Å². The highest BCUT2D eigenvalue weighted by Crippen LogP contribution is 2.31. The Morgan fingerprint density at radius 3 is 2.42 bits per heavy atom. The fourth-order valence-corrected chi connectivity index (χ4v) is 3.32. The van der Waals surface area contributed by atoms with Gasteiger partial charge in [-0.05, 0) is 37.3 Å². The number of para-hydroxylation sites is 2. The van der Waals surface area contributed by atoms with Crippen LogP contribution in [0.3, 0.4) is 0 Å². The third kappa shape index (κ3) is 4.66. The molecule has 7 nitrogen and oxygen atoms in total. The molecule has 0 saturated carbocycles. The number of ether oxygens (including phenoxy) is 2. The van der Waals surface area contributed by atoms with E-state index in [0.29, 0.717) is 29.5 Å². The number of sulfonamides is 1. The van der Waals surface area contributed by atoms with E-state index >= 15 is 0 Å². The third-order valence-corrected chi connectivity index (χ3v) is 4.87. The molecule has 0 heterocycles. The Kier molecular flexibility index (Phi) is 6.46. The summed E-state index contributed by atoms with van der Waals surface area (Å²) in [5.41, 5.74) is 0.629. The minimum absolute atomic E-state index is 0.00161. The monoisotopic (exact) mass is 378 g/mol. The predicted octanol–water partition coefficient (Wildman–Crippen LogP) is 3.24. The highest BCUT2D eigenvalue weighted by Gasteiger charge is 2.19. The second-order valence-corrected chi connectivity index (χ2v) is 6.98. The lowest BCUT2D eigenvalue weighted by Crippen LogP contribution is -2.15. The lowest BCUT2D eigenvalue weighted by molar-refractivity contribution is -0.115. The van der Waals surface area contributed by atoms with Crippen LogP contribution < -0.4 is 19.5 Å². The number of amides is 1. The second-order valence-electron chi connectivity index (χ2n) is 5.30. The van der Waals surface area contributed by atoms with Gasteiger partial charge in [-0.3, -0.25) is 9.52 Å². The molecule has 0 aliphatic rings. The molecule has 0 bridgehead atoms. The molecule has 140 valence electrons. The van der Waals surface area contributed by atoms with Crippen molar-refractivity contribution in [2.24, 2.45) is 0 Å². The van der Waals surface area contributed by atoms with Gasteiger partial charge in [-0.15, -0.1) is 0 Å². The smallest absolute Gasteiger partial charge is 0.262 e. The van der Waals surface area contributed by atoms with Crippen LogP contribution in [0.1, 0.15) is 20.3 Å². The number of benzene rings is 2. The minimum atomic E-state index is -3.88. The van der Waals surface area contributed by atoms with Crippen molar-refractivity contribution in [2.45, 2.75) is 25.2 Å². The van der Waals surface area contributed by atoms with Gasteiger partial charge in [0.2, 0.25) is 5.91 Å². The van der Waals surface area contributed by atoms with Crippen LogP contribution in [0.25, 0.3) is 0 Å². The molecule has 1 amide bonds. The number of nitrogens with one attached hydrogen (secondary N) is 2. The Balaban J connectivity index is 2.39. The molecule has 0 fully saturated rings. The van der Waals surface area contributed by atoms with Gasteiger partial charge in [0.1, 0.15) is 11.5 Å². The van der Waals surface area contributed by atoms with Crippen molar-refractivity contribution in [3.63, 3.8) is 0 Å². The number of carbonyl (C=O) groups is 1. The van der Waals surface area contributed by atoms with Crippen molar-refractivity contribution in [3.8, 4) is 11.5 Å². The van der Waals surface area contributed by atoms with Gasteiger partial charge in [-0.25, -0.2) is 8.42 Å². The Labute approximate surface area is 153 Å². The van der Waals surface area contributed by atoms with Crippen LogP contribution >= 0.6 is 0 Å². The maximum atomic E-state index is 12.7.